The van der Waals surface area contributed by atoms with Crippen molar-refractivity contribution in [3.05, 3.63) is 47.4 Å². The van der Waals surface area contributed by atoms with Crippen LogP contribution in [0.25, 0.3) is 0 Å². The summed E-state index contributed by atoms with van der Waals surface area (Å²) >= 11 is 0. The van der Waals surface area contributed by atoms with Crippen molar-refractivity contribution in [1.29, 1.82) is 0 Å². The van der Waals surface area contributed by atoms with Gasteiger partial charge in [0.2, 0.25) is 0 Å². The minimum Gasteiger partial charge on any atom is -0.494 e. The van der Waals surface area contributed by atoms with Crippen molar-refractivity contribution in [3.8, 4) is 5.75 Å². The maximum Gasteiger partial charge on any atom is 0.343 e. The van der Waals surface area contributed by atoms with Gasteiger partial charge in [0.05, 0.1) is 19.4 Å². The number of unbranched alkanes of at least 4 members (excludes halogenated alkanes) is 1. The second-order valence-corrected chi connectivity index (χ2v) is 5.91. The van der Waals surface area contributed by atoms with E-state index < -0.39 is 5.97 Å². The molecule has 0 saturated carbocycles. The van der Waals surface area contributed by atoms with E-state index in [0.717, 1.165) is 31.6 Å². The first-order valence-electron chi connectivity index (χ1n) is 9.07. The zero-order valence-electron chi connectivity index (χ0n) is 15.7. The van der Waals surface area contributed by atoms with Gasteiger partial charge < -0.3 is 14.8 Å². The Balaban J connectivity index is 1.94. The molecule has 1 heterocycles. The summed E-state index contributed by atoms with van der Waals surface area (Å²) in [7, 11) is 1.36. The summed E-state index contributed by atoms with van der Waals surface area (Å²) in [6.07, 6.45) is 5.10. The Labute approximate surface area is 155 Å². The molecule has 0 fully saturated rings. The average Bonchev–Trinajstić information content (AvgIpc) is 2.68. The molecule has 1 N–H and O–H groups in total. The highest BCUT2D eigenvalue weighted by Crippen LogP contribution is 2.18. The third-order valence-corrected chi connectivity index (χ3v) is 4.05. The Morgan fingerprint density at radius 3 is 2.58 bits per heavy atom. The molecule has 2 rings (SSSR count). The van der Waals surface area contributed by atoms with Crippen LogP contribution >= 0.6 is 0 Å². The number of ether oxygens (including phenoxy) is 2. The Hall–Kier alpha value is -2.63. The van der Waals surface area contributed by atoms with Gasteiger partial charge in [-0.25, -0.2) is 14.8 Å². The highest BCUT2D eigenvalue weighted by molar-refractivity contribution is 5.95. The number of hydrogen-bond donors (Lipinski definition) is 1. The highest BCUT2D eigenvalue weighted by atomic mass is 16.5. The topological polar surface area (TPSA) is 73.3 Å². The molecule has 0 bridgehead atoms. The van der Waals surface area contributed by atoms with E-state index in [1.165, 1.54) is 19.0 Å². The molecule has 0 aliphatic heterocycles. The van der Waals surface area contributed by atoms with Crippen molar-refractivity contribution in [1.82, 2.24) is 9.97 Å². The van der Waals surface area contributed by atoms with E-state index in [4.69, 9.17) is 9.47 Å². The zero-order chi connectivity index (χ0) is 18.8. The molecular formula is C20H27N3O3. The predicted octanol–water partition coefficient (Wildman–Crippen LogP) is 3.66. The summed E-state index contributed by atoms with van der Waals surface area (Å²) in [5, 5.41) is 3.23. The summed E-state index contributed by atoms with van der Waals surface area (Å²) in [6.45, 7) is 5.50. The van der Waals surface area contributed by atoms with E-state index in [1.54, 1.807) is 0 Å². The van der Waals surface area contributed by atoms with E-state index in [1.807, 2.05) is 19.1 Å². The summed E-state index contributed by atoms with van der Waals surface area (Å²) < 4.78 is 10.5. The number of nitrogens with one attached hydrogen (secondary N) is 1. The van der Waals surface area contributed by atoms with Crippen molar-refractivity contribution in [2.75, 3.05) is 25.6 Å². The lowest BCUT2D eigenvalue weighted by molar-refractivity contribution is 0.0599. The molecule has 0 saturated heterocycles. The standard InChI is InChI=1S/C20H27N3O3/c1-4-6-13-26-16-9-7-15(8-10-16)11-12-21-19-18(20(24)25-3)17(5-2)22-14-23-19/h7-10,14H,4-6,11-13H2,1-3H3,(H,21,22,23). The van der Waals surface area contributed by atoms with E-state index in [-0.39, 0.29) is 0 Å². The van der Waals surface area contributed by atoms with Crippen LogP contribution in [0.3, 0.4) is 0 Å². The molecule has 0 spiro atoms. The van der Waals surface area contributed by atoms with Crippen LogP contribution in [-0.2, 0) is 17.6 Å². The lowest BCUT2D eigenvalue weighted by atomic mass is 10.1. The van der Waals surface area contributed by atoms with Gasteiger partial charge in [-0.15, -0.1) is 0 Å². The van der Waals surface area contributed by atoms with E-state index in [2.05, 4.69) is 34.3 Å². The monoisotopic (exact) mass is 357 g/mol. The van der Waals surface area contributed by atoms with Crippen LogP contribution in [0.4, 0.5) is 5.82 Å². The number of carbonyl (C=O) groups excluding carboxylic acids is 1. The van der Waals surface area contributed by atoms with Crippen LogP contribution in [0.1, 0.15) is 48.3 Å². The Kier molecular flexibility index (Phi) is 7.86. The first kappa shape index (κ1) is 19.7. The fourth-order valence-corrected chi connectivity index (χ4v) is 2.55. The molecule has 0 aliphatic carbocycles. The molecule has 1 aromatic heterocycles. The van der Waals surface area contributed by atoms with Gasteiger partial charge in [-0.3, -0.25) is 0 Å². The first-order chi connectivity index (χ1) is 12.7. The van der Waals surface area contributed by atoms with Crippen LogP contribution in [0.15, 0.2) is 30.6 Å². The van der Waals surface area contributed by atoms with Crippen LogP contribution in [0.2, 0.25) is 0 Å². The molecule has 1 aromatic carbocycles. The number of benzene rings is 1. The van der Waals surface area contributed by atoms with Crippen LogP contribution in [0, 0.1) is 0 Å². The number of nitrogens with zero attached hydrogens (tertiary/aromatic N) is 2. The summed E-state index contributed by atoms with van der Waals surface area (Å²) in [5.74, 6) is 0.994. The Morgan fingerprint density at radius 2 is 1.92 bits per heavy atom. The third-order valence-electron chi connectivity index (χ3n) is 4.05. The van der Waals surface area contributed by atoms with Crippen molar-refractivity contribution in [2.45, 2.75) is 39.5 Å². The van der Waals surface area contributed by atoms with Crippen molar-refractivity contribution in [2.24, 2.45) is 0 Å². The third kappa shape index (κ3) is 5.44. The molecule has 0 unspecified atom stereocenters. The molecule has 0 radical (unpaired) electrons. The predicted molar refractivity (Wildman–Crippen MR) is 102 cm³/mol. The maximum absolute atomic E-state index is 12.0. The molecule has 0 aliphatic rings. The molecule has 2 aromatic rings. The lowest BCUT2D eigenvalue weighted by Crippen LogP contribution is -2.15. The molecule has 140 valence electrons. The molecule has 26 heavy (non-hydrogen) atoms. The van der Waals surface area contributed by atoms with Crippen molar-refractivity contribution < 1.29 is 14.3 Å². The lowest BCUT2D eigenvalue weighted by Gasteiger charge is -2.12. The fraction of sp³-hybridized carbons (Fsp3) is 0.450. The van der Waals surface area contributed by atoms with Crippen LogP contribution < -0.4 is 10.1 Å². The van der Waals surface area contributed by atoms with Gasteiger partial charge in [0, 0.05) is 6.54 Å². The second kappa shape index (κ2) is 10.4. The number of anilines is 1. The summed E-state index contributed by atoms with van der Waals surface area (Å²) in [6, 6.07) is 8.10. The van der Waals surface area contributed by atoms with E-state index >= 15 is 0 Å². The Morgan fingerprint density at radius 1 is 1.15 bits per heavy atom. The smallest absolute Gasteiger partial charge is 0.343 e. The number of aromatic nitrogens is 2. The Bertz CT molecular complexity index is 702. The van der Waals surface area contributed by atoms with Gasteiger partial charge in [-0.2, -0.15) is 0 Å². The van der Waals surface area contributed by atoms with E-state index in [9.17, 15) is 4.79 Å². The minimum absolute atomic E-state index is 0.414. The molecule has 6 nitrogen and oxygen atoms in total. The van der Waals surface area contributed by atoms with Crippen LogP contribution in [-0.4, -0.2) is 36.2 Å². The highest BCUT2D eigenvalue weighted by Gasteiger charge is 2.18. The average molecular weight is 357 g/mol. The first-order valence-corrected chi connectivity index (χ1v) is 9.07. The fourth-order valence-electron chi connectivity index (χ4n) is 2.55. The van der Waals surface area contributed by atoms with Gasteiger partial charge in [0.25, 0.3) is 0 Å². The number of aryl methyl sites for hydroxylation is 1. The SMILES string of the molecule is CCCCOc1ccc(CCNc2ncnc(CC)c2C(=O)OC)cc1. The maximum atomic E-state index is 12.0. The zero-order valence-corrected chi connectivity index (χ0v) is 15.7. The van der Waals surface area contributed by atoms with Gasteiger partial charge >= 0.3 is 5.97 Å². The molecule has 0 atom stereocenters. The van der Waals surface area contributed by atoms with Crippen LogP contribution in [0.5, 0.6) is 5.75 Å². The summed E-state index contributed by atoms with van der Waals surface area (Å²) in [5.41, 5.74) is 2.28. The van der Waals surface area contributed by atoms with Gasteiger partial charge in [-0.1, -0.05) is 32.4 Å². The second-order valence-electron chi connectivity index (χ2n) is 5.91. The molecular weight excluding hydrogens is 330 g/mol. The quantitative estimate of drug-likeness (QED) is 0.517. The van der Waals surface area contributed by atoms with Gasteiger partial charge in [-0.05, 0) is 37.0 Å². The van der Waals surface area contributed by atoms with Crippen molar-refractivity contribution in [3.63, 3.8) is 0 Å². The van der Waals surface area contributed by atoms with Gasteiger partial charge in [0.15, 0.2) is 0 Å². The van der Waals surface area contributed by atoms with E-state index in [0.29, 0.717) is 30.0 Å². The van der Waals surface area contributed by atoms with Gasteiger partial charge in [0.1, 0.15) is 23.5 Å². The van der Waals surface area contributed by atoms with Crippen molar-refractivity contribution >= 4 is 11.8 Å². The molecule has 0 amide bonds. The number of hydrogen-bond acceptors (Lipinski definition) is 6. The largest absolute Gasteiger partial charge is 0.494 e. The summed E-state index contributed by atoms with van der Waals surface area (Å²) in [4.78, 5) is 20.4. The normalized spacial score (nSPS) is 10.4. The number of carbonyl (C=O) groups is 1. The number of methoxy groups -OCH3 is 1. The number of esters is 1. The molecule has 6 heteroatoms. The minimum atomic E-state index is -0.418. The number of rotatable bonds is 10.